The molecule has 1 saturated heterocycles. The van der Waals surface area contributed by atoms with Crippen LogP contribution >= 0.6 is 0 Å². The summed E-state index contributed by atoms with van der Waals surface area (Å²) in [5.41, 5.74) is 2.09. The Bertz CT molecular complexity index is 1480. The molecule has 2 N–H and O–H groups in total. The highest BCUT2D eigenvalue weighted by atomic mass is 19.2. The van der Waals surface area contributed by atoms with Crippen LogP contribution in [-0.4, -0.2) is 69.6 Å². The third kappa shape index (κ3) is 5.81. The van der Waals surface area contributed by atoms with Crippen molar-refractivity contribution >= 4 is 11.8 Å². The van der Waals surface area contributed by atoms with E-state index in [1.54, 1.807) is 22.5 Å². The Balaban J connectivity index is 1.44. The number of para-hydroxylation sites is 1. The van der Waals surface area contributed by atoms with Crippen molar-refractivity contribution in [3.8, 4) is 16.9 Å². The SMILES string of the molecule is COCC[N+]1([O-])CC(NC(=O)Nc2c(C)c(-c3cnn(C)c3)nn2-c2ccccc2)[C@H](C2(C)C=C(F)C(F)=CC2)C1. The molecule has 1 aromatic carbocycles. The number of anilines is 1. The van der Waals surface area contributed by atoms with Crippen LogP contribution in [0.15, 0.2) is 66.5 Å². The number of ether oxygens (including phenoxy) is 1. The first-order valence-electron chi connectivity index (χ1n) is 13.5. The van der Waals surface area contributed by atoms with Crippen LogP contribution < -0.4 is 10.6 Å². The maximum atomic E-state index is 14.4. The van der Waals surface area contributed by atoms with Gasteiger partial charge in [0.15, 0.2) is 11.7 Å². The van der Waals surface area contributed by atoms with Gasteiger partial charge in [-0.05, 0) is 37.6 Å². The number of nitrogens with zero attached hydrogens (tertiary/aromatic N) is 5. The third-order valence-electron chi connectivity index (χ3n) is 8.15. The summed E-state index contributed by atoms with van der Waals surface area (Å²) in [4.78, 5) is 13.6. The molecule has 41 heavy (non-hydrogen) atoms. The van der Waals surface area contributed by atoms with Gasteiger partial charge in [0.25, 0.3) is 0 Å². The summed E-state index contributed by atoms with van der Waals surface area (Å²) in [6, 6.07) is 8.29. The number of hydrogen-bond donors (Lipinski definition) is 2. The van der Waals surface area contributed by atoms with E-state index < -0.39 is 39.7 Å². The fourth-order valence-corrected chi connectivity index (χ4v) is 5.91. The number of nitrogens with one attached hydrogen (secondary N) is 2. The average molecular weight is 568 g/mol. The number of likely N-dealkylation sites (tertiary alicyclic amines) is 1. The number of amides is 2. The lowest BCUT2D eigenvalue weighted by atomic mass is 9.70. The molecule has 12 heteroatoms. The minimum absolute atomic E-state index is 0.0799. The number of allylic oxidation sites excluding steroid dienone is 4. The zero-order chi connectivity index (χ0) is 29.4. The van der Waals surface area contributed by atoms with Gasteiger partial charge in [0.05, 0.1) is 37.6 Å². The number of hydroxylamine groups is 3. The molecular formula is C29H35F2N7O3. The van der Waals surface area contributed by atoms with E-state index in [4.69, 9.17) is 9.84 Å². The molecule has 3 heterocycles. The van der Waals surface area contributed by atoms with Crippen molar-refractivity contribution in [3.05, 3.63) is 77.3 Å². The second kappa shape index (κ2) is 11.2. The Hall–Kier alpha value is -3.87. The summed E-state index contributed by atoms with van der Waals surface area (Å²) in [6.45, 7) is 4.32. The summed E-state index contributed by atoms with van der Waals surface area (Å²) in [5.74, 6) is -1.83. The summed E-state index contributed by atoms with van der Waals surface area (Å²) in [5, 5.41) is 28.6. The van der Waals surface area contributed by atoms with E-state index in [1.807, 2.05) is 50.5 Å². The van der Waals surface area contributed by atoms with Crippen molar-refractivity contribution in [3.63, 3.8) is 0 Å². The minimum Gasteiger partial charge on any atom is -0.633 e. The quantitative estimate of drug-likeness (QED) is 0.301. The lowest BCUT2D eigenvalue weighted by Crippen LogP contribution is -2.48. The molecule has 1 aliphatic carbocycles. The van der Waals surface area contributed by atoms with Crippen LogP contribution in [0.2, 0.25) is 0 Å². The van der Waals surface area contributed by atoms with Crippen LogP contribution in [0.3, 0.4) is 0 Å². The van der Waals surface area contributed by atoms with E-state index in [2.05, 4.69) is 15.7 Å². The Labute approximate surface area is 237 Å². The summed E-state index contributed by atoms with van der Waals surface area (Å²) in [7, 11) is 3.34. The standard InChI is InChI=1S/C29H35F2N7O3/c1-19-26(20-15-32-36(3)16-20)35-37(21-8-6-5-7-9-21)27(19)34-28(39)33-25-18-38(40,12-13-41-4)17-22(25)29(2)11-10-23(30)24(31)14-29/h5-10,14-16,22,25H,11-13,17-18H2,1-4H3,(H2,33,34,39)/t22-,25?,29?,38?/m1/s1. The number of rotatable bonds is 8. The van der Waals surface area contributed by atoms with Crippen molar-refractivity contribution in [1.82, 2.24) is 24.9 Å². The van der Waals surface area contributed by atoms with Gasteiger partial charge in [0.1, 0.15) is 18.1 Å². The van der Waals surface area contributed by atoms with E-state index in [0.717, 1.165) is 16.8 Å². The molecule has 2 aliphatic rings. The van der Waals surface area contributed by atoms with Crippen LogP contribution in [-0.2, 0) is 11.8 Å². The predicted molar refractivity (Wildman–Crippen MR) is 151 cm³/mol. The highest BCUT2D eigenvalue weighted by Gasteiger charge is 2.50. The van der Waals surface area contributed by atoms with Crippen molar-refractivity contribution in [2.24, 2.45) is 18.4 Å². The molecule has 4 atom stereocenters. The topological polar surface area (TPSA) is 109 Å². The molecular weight excluding hydrogens is 532 g/mol. The molecule has 3 aromatic rings. The van der Waals surface area contributed by atoms with Gasteiger partial charge in [-0.2, -0.15) is 10.2 Å². The number of aromatic nitrogens is 4. The maximum absolute atomic E-state index is 14.4. The second-order valence-corrected chi connectivity index (χ2v) is 11.2. The first-order chi connectivity index (χ1) is 19.5. The van der Waals surface area contributed by atoms with Crippen molar-refractivity contribution < 1.29 is 23.0 Å². The molecule has 0 saturated carbocycles. The zero-order valence-corrected chi connectivity index (χ0v) is 23.6. The lowest BCUT2D eigenvalue weighted by Gasteiger charge is -2.40. The maximum Gasteiger partial charge on any atom is 0.320 e. The van der Waals surface area contributed by atoms with Crippen LogP contribution in [0.1, 0.15) is 18.9 Å². The number of benzene rings is 1. The molecule has 2 amide bonds. The van der Waals surface area contributed by atoms with E-state index in [1.165, 1.54) is 19.3 Å². The molecule has 5 rings (SSSR count). The van der Waals surface area contributed by atoms with E-state index in [-0.39, 0.29) is 32.7 Å². The van der Waals surface area contributed by atoms with Crippen LogP contribution in [0.25, 0.3) is 16.9 Å². The number of halogens is 2. The van der Waals surface area contributed by atoms with Gasteiger partial charge in [0.2, 0.25) is 0 Å². The van der Waals surface area contributed by atoms with Crippen LogP contribution in [0.5, 0.6) is 0 Å². The summed E-state index contributed by atoms with van der Waals surface area (Å²) in [6.07, 6.45) is 6.23. The zero-order valence-electron chi connectivity index (χ0n) is 23.6. The van der Waals surface area contributed by atoms with Gasteiger partial charge in [-0.25, -0.2) is 18.3 Å². The monoisotopic (exact) mass is 567 g/mol. The van der Waals surface area contributed by atoms with E-state index in [9.17, 15) is 18.8 Å². The molecule has 0 spiro atoms. The molecule has 218 valence electrons. The Morgan fingerprint density at radius 2 is 2.00 bits per heavy atom. The predicted octanol–water partition coefficient (Wildman–Crippen LogP) is 4.78. The molecule has 1 fully saturated rings. The van der Waals surface area contributed by atoms with Gasteiger partial charge in [-0.3, -0.25) is 10.00 Å². The van der Waals surface area contributed by atoms with Gasteiger partial charge in [0, 0.05) is 42.8 Å². The number of methoxy groups -OCH3 is 1. The number of carbonyl (C=O) groups is 1. The first-order valence-corrected chi connectivity index (χ1v) is 13.5. The van der Waals surface area contributed by atoms with Crippen LogP contribution in [0, 0.1) is 23.5 Å². The van der Waals surface area contributed by atoms with Crippen molar-refractivity contribution in [1.29, 1.82) is 0 Å². The van der Waals surface area contributed by atoms with Gasteiger partial charge < -0.3 is 19.9 Å². The smallest absolute Gasteiger partial charge is 0.320 e. The third-order valence-corrected chi connectivity index (χ3v) is 8.15. The molecule has 1 aliphatic heterocycles. The number of carbonyl (C=O) groups excluding carboxylic acids is 1. The normalized spacial score (nSPS) is 26.0. The van der Waals surface area contributed by atoms with Gasteiger partial charge in [-0.1, -0.05) is 25.1 Å². The van der Waals surface area contributed by atoms with Crippen molar-refractivity contribution in [2.45, 2.75) is 26.3 Å². The second-order valence-electron chi connectivity index (χ2n) is 11.2. The van der Waals surface area contributed by atoms with Gasteiger partial charge >= 0.3 is 6.03 Å². The van der Waals surface area contributed by atoms with Crippen LogP contribution in [0.4, 0.5) is 19.4 Å². The number of hydrogen-bond acceptors (Lipinski definition) is 5. The first kappa shape index (κ1) is 28.7. The highest BCUT2D eigenvalue weighted by molar-refractivity contribution is 5.91. The molecule has 0 bridgehead atoms. The number of quaternary nitrogens is 1. The Kier molecular flexibility index (Phi) is 7.82. The molecule has 2 aromatic heterocycles. The Morgan fingerprint density at radius 1 is 1.24 bits per heavy atom. The fraction of sp³-hybridized carbons (Fsp3) is 0.414. The summed E-state index contributed by atoms with van der Waals surface area (Å²) >= 11 is 0. The van der Waals surface area contributed by atoms with Gasteiger partial charge in [-0.15, -0.1) is 0 Å². The van der Waals surface area contributed by atoms with Crippen molar-refractivity contribution in [2.75, 3.05) is 38.7 Å². The Morgan fingerprint density at radius 3 is 2.66 bits per heavy atom. The van der Waals surface area contributed by atoms with E-state index in [0.29, 0.717) is 11.5 Å². The fourth-order valence-electron chi connectivity index (χ4n) is 5.91. The number of aryl methyl sites for hydroxylation is 1. The number of urea groups is 1. The molecule has 10 nitrogen and oxygen atoms in total. The van der Waals surface area contributed by atoms with E-state index >= 15 is 0 Å². The lowest BCUT2D eigenvalue weighted by molar-refractivity contribution is -0.870. The summed E-state index contributed by atoms with van der Waals surface area (Å²) < 4.78 is 36.1. The average Bonchev–Trinajstić information content (AvgIpc) is 3.61. The highest BCUT2D eigenvalue weighted by Crippen LogP contribution is 2.45. The molecule has 0 radical (unpaired) electrons. The molecule has 3 unspecified atom stereocenters. The minimum atomic E-state index is -0.944. The largest absolute Gasteiger partial charge is 0.633 e.